The van der Waals surface area contributed by atoms with Crippen LogP contribution in [0.1, 0.15) is 42.9 Å². The average molecular weight is 223 g/mol. The van der Waals surface area contributed by atoms with Crippen LogP contribution in [0.3, 0.4) is 0 Å². The molecule has 0 spiro atoms. The van der Waals surface area contributed by atoms with Crippen LogP contribution < -0.4 is 5.73 Å². The highest BCUT2D eigenvalue weighted by Gasteiger charge is 2.29. The molecule has 0 radical (unpaired) electrons. The summed E-state index contributed by atoms with van der Waals surface area (Å²) in [6.45, 7) is 0. The fourth-order valence-electron chi connectivity index (χ4n) is 2.54. The van der Waals surface area contributed by atoms with Gasteiger partial charge < -0.3 is 5.73 Å². The minimum Gasteiger partial charge on any atom is -0.369 e. The second-order valence-corrected chi connectivity index (χ2v) is 5.27. The molecule has 1 aliphatic carbocycles. The molecule has 0 aromatic carbocycles. The van der Waals surface area contributed by atoms with E-state index in [1.807, 2.05) is 17.5 Å². The second-order valence-electron chi connectivity index (χ2n) is 4.29. The van der Waals surface area contributed by atoms with Gasteiger partial charge in [0.2, 0.25) is 5.91 Å². The molecule has 1 saturated carbocycles. The SMILES string of the molecule is NC(=O)C(c1cccs1)C1CCCCC1. The van der Waals surface area contributed by atoms with E-state index in [2.05, 4.69) is 0 Å². The average Bonchev–Trinajstić information content (AvgIpc) is 2.72. The second kappa shape index (κ2) is 4.79. The Labute approximate surface area is 94.5 Å². The molecule has 2 rings (SSSR count). The van der Waals surface area contributed by atoms with Crippen LogP contribution in [0.25, 0.3) is 0 Å². The smallest absolute Gasteiger partial charge is 0.226 e. The van der Waals surface area contributed by atoms with Crippen LogP contribution in [0, 0.1) is 5.92 Å². The third-order valence-corrected chi connectivity index (χ3v) is 4.23. The summed E-state index contributed by atoms with van der Waals surface area (Å²) in [5.41, 5.74) is 5.53. The molecule has 0 bridgehead atoms. The van der Waals surface area contributed by atoms with E-state index in [4.69, 9.17) is 5.73 Å². The Bertz CT molecular complexity index is 314. The van der Waals surface area contributed by atoms with Crippen molar-refractivity contribution < 1.29 is 4.79 Å². The fraction of sp³-hybridized carbons (Fsp3) is 0.583. The zero-order chi connectivity index (χ0) is 10.7. The van der Waals surface area contributed by atoms with Crippen LogP contribution in [-0.2, 0) is 4.79 Å². The molecule has 0 aliphatic heterocycles. The molecule has 1 atom stereocenters. The maximum Gasteiger partial charge on any atom is 0.226 e. The van der Waals surface area contributed by atoms with Gasteiger partial charge in [0, 0.05) is 4.88 Å². The van der Waals surface area contributed by atoms with Gasteiger partial charge in [0.1, 0.15) is 0 Å². The van der Waals surface area contributed by atoms with Gasteiger partial charge in [0.15, 0.2) is 0 Å². The topological polar surface area (TPSA) is 43.1 Å². The number of nitrogens with two attached hydrogens (primary N) is 1. The molecule has 2 nitrogen and oxygen atoms in total. The van der Waals surface area contributed by atoms with Gasteiger partial charge in [-0.15, -0.1) is 11.3 Å². The van der Waals surface area contributed by atoms with Crippen LogP contribution in [-0.4, -0.2) is 5.91 Å². The number of thiophene rings is 1. The van der Waals surface area contributed by atoms with Crippen LogP contribution in [0.5, 0.6) is 0 Å². The monoisotopic (exact) mass is 223 g/mol. The Balaban J connectivity index is 2.15. The van der Waals surface area contributed by atoms with Crippen molar-refractivity contribution in [3.05, 3.63) is 22.4 Å². The van der Waals surface area contributed by atoms with Crippen LogP contribution in [0.2, 0.25) is 0 Å². The van der Waals surface area contributed by atoms with Gasteiger partial charge in [-0.3, -0.25) is 4.79 Å². The minimum absolute atomic E-state index is 0.0368. The molecule has 3 heteroatoms. The summed E-state index contributed by atoms with van der Waals surface area (Å²) in [7, 11) is 0. The number of carbonyl (C=O) groups excluding carboxylic acids is 1. The lowest BCUT2D eigenvalue weighted by Gasteiger charge is -2.27. The number of rotatable bonds is 3. The standard InChI is InChI=1S/C12H17NOS/c13-12(14)11(10-7-4-8-15-10)9-5-2-1-3-6-9/h4,7-9,11H,1-3,5-6H2,(H2,13,14). The Morgan fingerprint density at radius 1 is 1.40 bits per heavy atom. The summed E-state index contributed by atoms with van der Waals surface area (Å²) in [6.07, 6.45) is 6.13. The fourth-order valence-corrected chi connectivity index (χ4v) is 3.47. The van der Waals surface area contributed by atoms with E-state index < -0.39 is 0 Å². The van der Waals surface area contributed by atoms with E-state index in [1.165, 1.54) is 19.3 Å². The van der Waals surface area contributed by atoms with Crippen molar-refractivity contribution in [2.24, 2.45) is 11.7 Å². The van der Waals surface area contributed by atoms with Crippen molar-refractivity contribution in [2.45, 2.75) is 38.0 Å². The molecule has 1 unspecified atom stereocenters. The van der Waals surface area contributed by atoms with Crippen molar-refractivity contribution in [3.63, 3.8) is 0 Å². The van der Waals surface area contributed by atoms with E-state index >= 15 is 0 Å². The van der Waals surface area contributed by atoms with Crippen molar-refractivity contribution >= 4 is 17.2 Å². The predicted octanol–water partition coefficient (Wildman–Crippen LogP) is 2.90. The van der Waals surface area contributed by atoms with Gasteiger partial charge in [-0.2, -0.15) is 0 Å². The number of hydrogen-bond acceptors (Lipinski definition) is 2. The Hall–Kier alpha value is -0.830. The van der Waals surface area contributed by atoms with Crippen molar-refractivity contribution in [1.82, 2.24) is 0 Å². The lowest BCUT2D eigenvalue weighted by atomic mass is 9.79. The van der Waals surface area contributed by atoms with Crippen molar-refractivity contribution in [3.8, 4) is 0 Å². The molecule has 2 N–H and O–H groups in total. The lowest BCUT2D eigenvalue weighted by molar-refractivity contribution is -0.120. The molecular weight excluding hydrogens is 206 g/mol. The first kappa shape index (κ1) is 10.7. The van der Waals surface area contributed by atoms with Crippen LogP contribution in [0.15, 0.2) is 17.5 Å². The zero-order valence-corrected chi connectivity index (χ0v) is 9.63. The quantitative estimate of drug-likeness (QED) is 0.841. The molecular formula is C12H17NOS. The maximum atomic E-state index is 11.5. The molecule has 15 heavy (non-hydrogen) atoms. The largest absolute Gasteiger partial charge is 0.369 e. The predicted molar refractivity (Wildman–Crippen MR) is 62.8 cm³/mol. The highest BCUT2D eigenvalue weighted by molar-refractivity contribution is 7.10. The highest BCUT2D eigenvalue weighted by Crippen LogP contribution is 2.37. The summed E-state index contributed by atoms with van der Waals surface area (Å²) >= 11 is 1.65. The molecule has 1 heterocycles. The Morgan fingerprint density at radius 2 is 2.13 bits per heavy atom. The first-order valence-corrected chi connectivity index (χ1v) is 6.49. The number of amides is 1. The van der Waals surface area contributed by atoms with Crippen molar-refractivity contribution in [2.75, 3.05) is 0 Å². The van der Waals surface area contributed by atoms with Gasteiger partial charge in [0.25, 0.3) is 0 Å². The number of primary amides is 1. The van der Waals surface area contributed by atoms with E-state index in [9.17, 15) is 4.79 Å². The minimum atomic E-state index is -0.149. The Kier molecular flexibility index (Phi) is 3.41. The van der Waals surface area contributed by atoms with Gasteiger partial charge in [-0.25, -0.2) is 0 Å². The molecule has 1 fully saturated rings. The number of hydrogen-bond donors (Lipinski definition) is 1. The van der Waals surface area contributed by atoms with E-state index in [0.717, 1.165) is 17.7 Å². The third-order valence-electron chi connectivity index (χ3n) is 3.28. The van der Waals surface area contributed by atoms with Gasteiger partial charge in [-0.1, -0.05) is 25.3 Å². The Morgan fingerprint density at radius 3 is 2.67 bits per heavy atom. The normalized spacial score (nSPS) is 20.0. The van der Waals surface area contributed by atoms with Crippen LogP contribution >= 0.6 is 11.3 Å². The summed E-state index contributed by atoms with van der Waals surface area (Å²) < 4.78 is 0. The molecule has 1 aromatic rings. The number of carbonyl (C=O) groups is 1. The molecule has 0 saturated heterocycles. The van der Waals surface area contributed by atoms with E-state index in [-0.39, 0.29) is 11.8 Å². The molecule has 1 aliphatic rings. The summed E-state index contributed by atoms with van der Waals surface area (Å²) in [5.74, 6) is 0.296. The lowest BCUT2D eigenvalue weighted by Crippen LogP contribution is -2.28. The summed E-state index contributed by atoms with van der Waals surface area (Å²) in [5, 5.41) is 2.02. The summed E-state index contributed by atoms with van der Waals surface area (Å²) in [6, 6.07) is 4.04. The maximum absolute atomic E-state index is 11.5. The van der Waals surface area contributed by atoms with Crippen LogP contribution in [0.4, 0.5) is 0 Å². The molecule has 1 aromatic heterocycles. The summed E-state index contributed by atoms with van der Waals surface area (Å²) in [4.78, 5) is 12.7. The van der Waals surface area contributed by atoms with E-state index in [1.54, 1.807) is 11.3 Å². The van der Waals surface area contributed by atoms with Gasteiger partial charge >= 0.3 is 0 Å². The molecule has 1 amide bonds. The third kappa shape index (κ3) is 2.40. The zero-order valence-electron chi connectivity index (χ0n) is 8.82. The van der Waals surface area contributed by atoms with Crippen molar-refractivity contribution in [1.29, 1.82) is 0 Å². The first-order valence-electron chi connectivity index (χ1n) is 5.62. The van der Waals surface area contributed by atoms with E-state index in [0.29, 0.717) is 5.92 Å². The van der Waals surface area contributed by atoms with Gasteiger partial charge in [-0.05, 0) is 30.2 Å². The molecule has 82 valence electrons. The first-order chi connectivity index (χ1) is 7.29. The highest BCUT2D eigenvalue weighted by atomic mass is 32.1. The van der Waals surface area contributed by atoms with Gasteiger partial charge in [0.05, 0.1) is 5.92 Å².